The van der Waals surface area contributed by atoms with Gasteiger partial charge in [-0.05, 0) is 44.4 Å². The third-order valence-corrected chi connectivity index (χ3v) is 5.07. The fourth-order valence-electron chi connectivity index (χ4n) is 4.15. The molecule has 0 aromatic heterocycles. The van der Waals surface area contributed by atoms with Gasteiger partial charge in [-0.1, -0.05) is 24.6 Å². The fraction of sp³-hybridized carbons (Fsp3) is 0.556. The Bertz CT molecular complexity index is 629. The lowest BCUT2D eigenvalue weighted by Gasteiger charge is -2.22. The topological polar surface area (TPSA) is 46.6 Å². The van der Waals surface area contributed by atoms with E-state index in [1.807, 2.05) is 46.8 Å². The quantitative estimate of drug-likeness (QED) is 0.787. The van der Waals surface area contributed by atoms with Crippen molar-refractivity contribution in [1.82, 2.24) is 5.06 Å². The molecule has 1 aliphatic carbocycles. The molecule has 2 unspecified atom stereocenters. The maximum atomic E-state index is 12.9. The molecule has 1 aromatic carbocycles. The van der Waals surface area contributed by atoms with E-state index < -0.39 is 12.0 Å². The number of nitrogens with zero attached hydrogens (tertiary/aromatic N) is 1. The molecule has 0 amide bonds. The highest BCUT2D eigenvalue weighted by Gasteiger charge is 2.58. The van der Waals surface area contributed by atoms with Crippen LogP contribution in [0.5, 0.6) is 0 Å². The van der Waals surface area contributed by atoms with Crippen molar-refractivity contribution in [2.45, 2.75) is 52.7 Å². The maximum absolute atomic E-state index is 12.9. The summed E-state index contributed by atoms with van der Waals surface area (Å²) in [6.45, 7) is 10.6. The van der Waals surface area contributed by atoms with Crippen molar-refractivity contribution in [3.8, 4) is 0 Å². The largest absolute Gasteiger partial charge is 0.298 e. The van der Waals surface area contributed by atoms with Crippen LogP contribution >= 0.6 is 0 Å². The number of aryl methyl sites for hydroxylation is 3. The van der Waals surface area contributed by atoms with Gasteiger partial charge in [0.15, 0.2) is 11.6 Å². The van der Waals surface area contributed by atoms with Gasteiger partial charge in [-0.15, -0.1) is 0 Å². The summed E-state index contributed by atoms with van der Waals surface area (Å²) in [6, 6.07) is 4.04. The van der Waals surface area contributed by atoms with Crippen LogP contribution in [0, 0.1) is 26.7 Å². The lowest BCUT2D eigenvalue weighted by Crippen LogP contribution is -2.33. The van der Waals surface area contributed by atoms with Crippen LogP contribution in [0.15, 0.2) is 12.1 Å². The van der Waals surface area contributed by atoms with Gasteiger partial charge in [0.05, 0.1) is 5.92 Å². The molecule has 1 aromatic rings. The Labute approximate surface area is 131 Å². The van der Waals surface area contributed by atoms with Crippen molar-refractivity contribution in [2.24, 2.45) is 5.92 Å². The van der Waals surface area contributed by atoms with Crippen molar-refractivity contribution in [3.63, 3.8) is 0 Å². The second-order valence-electron chi connectivity index (χ2n) is 6.58. The number of carbonyl (C=O) groups excluding carboxylic acids is 2. The lowest BCUT2D eigenvalue weighted by atomic mass is 9.86. The van der Waals surface area contributed by atoms with Crippen LogP contribution in [0.25, 0.3) is 0 Å². The predicted molar refractivity (Wildman–Crippen MR) is 83.6 cm³/mol. The molecule has 0 spiro atoms. The van der Waals surface area contributed by atoms with Crippen molar-refractivity contribution in [1.29, 1.82) is 0 Å². The monoisotopic (exact) mass is 301 g/mol. The van der Waals surface area contributed by atoms with Gasteiger partial charge in [-0.3, -0.25) is 14.4 Å². The minimum atomic E-state index is -0.656. The van der Waals surface area contributed by atoms with Gasteiger partial charge < -0.3 is 0 Å². The molecule has 0 radical (unpaired) electrons. The number of hydrogen-bond acceptors (Lipinski definition) is 4. The molecule has 1 saturated carbocycles. The van der Waals surface area contributed by atoms with Gasteiger partial charge in [-0.25, -0.2) is 0 Å². The number of hydrogen-bond donors (Lipinski definition) is 0. The van der Waals surface area contributed by atoms with E-state index in [1.165, 1.54) is 0 Å². The molecule has 1 aliphatic heterocycles. The molecule has 2 aliphatic rings. The second-order valence-corrected chi connectivity index (χ2v) is 6.58. The number of fused-ring (bicyclic) bond motifs is 1. The minimum absolute atomic E-state index is 0.0218. The molecule has 4 heteroatoms. The highest BCUT2D eigenvalue weighted by molar-refractivity contribution is 6.18. The maximum Gasteiger partial charge on any atom is 0.179 e. The molecule has 1 saturated heterocycles. The summed E-state index contributed by atoms with van der Waals surface area (Å²) in [5.74, 6) is -1.05. The van der Waals surface area contributed by atoms with Crippen LogP contribution < -0.4 is 0 Å². The SMILES string of the molecule is CCN1O[C@H]2C(=O)C(c3c(C)cc(C)cc3C)C(=O)[C@H]2C1C. The van der Waals surface area contributed by atoms with Gasteiger partial charge >= 0.3 is 0 Å². The summed E-state index contributed by atoms with van der Waals surface area (Å²) >= 11 is 0. The Kier molecular flexibility index (Phi) is 3.69. The van der Waals surface area contributed by atoms with E-state index in [-0.39, 0.29) is 23.5 Å². The molecule has 1 heterocycles. The van der Waals surface area contributed by atoms with Gasteiger partial charge in [0.25, 0.3) is 0 Å². The van der Waals surface area contributed by atoms with Crippen molar-refractivity contribution in [2.75, 3.05) is 6.54 Å². The average Bonchev–Trinajstić information content (AvgIpc) is 2.88. The van der Waals surface area contributed by atoms with Crippen LogP contribution in [0.1, 0.15) is 42.0 Å². The summed E-state index contributed by atoms with van der Waals surface area (Å²) < 4.78 is 0. The number of carbonyl (C=O) groups is 2. The predicted octanol–water partition coefficient (Wildman–Crippen LogP) is 2.49. The van der Waals surface area contributed by atoms with E-state index in [9.17, 15) is 9.59 Å². The molecule has 0 N–H and O–H groups in total. The van der Waals surface area contributed by atoms with Crippen LogP contribution in [-0.4, -0.2) is 35.3 Å². The van der Waals surface area contributed by atoms with E-state index in [0.717, 1.165) is 22.3 Å². The molecular weight excluding hydrogens is 278 g/mol. The minimum Gasteiger partial charge on any atom is -0.298 e. The Morgan fingerprint density at radius 3 is 2.18 bits per heavy atom. The van der Waals surface area contributed by atoms with Crippen LogP contribution in [0.3, 0.4) is 0 Å². The van der Waals surface area contributed by atoms with Gasteiger partial charge in [0, 0.05) is 12.6 Å². The van der Waals surface area contributed by atoms with Gasteiger partial charge in [-0.2, -0.15) is 5.06 Å². The smallest absolute Gasteiger partial charge is 0.179 e. The summed E-state index contributed by atoms with van der Waals surface area (Å²) in [5.41, 5.74) is 4.07. The molecule has 118 valence electrons. The first-order valence-corrected chi connectivity index (χ1v) is 7.95. The van der Waals surface area contributed by atoms with Crippen molar-refractivity contribution in [3.05, 3.63) is 34.4 Å². The summed E-state index contributed by atoms with van der Waals surface area (Å²) in [7, 11) is 0. The van der Waals surface area contributed by atoms with Gasteiger partial charge in [0.2, 0.25) is 0 Å². The second kappa shape index (κ2) is 5.28. The Hall–Kier alpha value is -1.52. The molecule has 3 rings (SSSR count). The number of hydroxylamine groups is 2. The van der Waals surface area contributed by atoms with E-state index in [1.54, 1.807) is 5.06 Å². The first-order valence-electron chi connectivity index (χ1n) is 7.95. The number of Topliss-reactive ketones (excluding diaryl/α,β-unsaturated/α-hetero) is 2. The van der Waals surface area contributed by atoms with Crippen molar-refractivity contribution >= 4 is 11.6 Å². The molecule has 2 fully saturated rings. The highest BCUT2D eigenvalue weighted by atomic mass is 16.7. The molecular formula is C18H23NO3. The summed E-state index contributed by atoms with van der Waals surface area (Å²) in [5, 5.41) is 1.76. The summed E-state index contributed by atoms with van der Waals surface area (Å²) in [4.78, 5) is 31.5. The normalized spacial score (nSPS) is 31.9. The highest BCUT2D eigenvalue weighted by Crippen LogP contribution is 2.43. The Morgan fingerprint density at radius 1 is 1.09 bits per heavy atom. The van der Waals surface area contributed by atoms with E-state index in [4.69, 9.17) is 4.84 Å². The van der Waals surface area contributed by atoms with Gasteiger partial charge in [0.1, 0.15) is 12.0 Å². The van der Waals surface area contributed by atoms with E-state index >= 15 is 0 Å². The fourth-order valence-corrected chi connectivity index (χ4v) is 4.15. The third-order valence-electron chi connectivity index (χ3n) is 5.07. The lowest BCUT2D eigenvalue weighted by molar-refractivity contribution is -0.168. The molecule has 22 heavy (non-hydrogen) atoms. The van der Waals surface area contributed by atoms with E-state index in [2.05, 4.69) is 0 Å². The molecule has 4 atom stereocenters. The first kappa shape index (κ1) is 15.4. The van der Waals surface area contributed by atoms with Crippen molar-refractivity contribution < 1.29 is 14.4 Å². The standard InChI is InChI=1S/C18H23NO3/c1-6-19-12(5)14-16(20)15(17(21)18(14)22-19)13-10(3)7-9(2)8-11(13)4/h7-8,12,14-15,18H,6H2,1-5H3/t12?,14-,15?,18-/m1/s1. The Morgan fingerprint density at radius 2 is 1.68 bits per heavy atom. The average molecular weight is 301 g/mol. The zero-order valence-corrected chi connectivity index (χ0v) is 13.8. The zero-order valence-electron chi connectivity index (χ0n) is 13.8. The Balaban J connectivity index is 2.02. The van der Waals surface area contributed by atoms with Crippen LogP contribution in [0.4, 0.5) is 0 Å². The van der Waals surface area contributed by atoms with Crippen LogP contribution in [-0.2, 0) is 14.4 Å². The number of benzene rings is 1. The summed E-state index contributed by atoms with van der Waals surface area (Å²) in [6.07, 6.45) is -0.604. The third kappa shape index (κ3) is 2.05. The molecule has 0 bridgehead atoms. The van der Waals surface area contributed by atoms with E-state index in [0.29, 0.717) is 6.54 Å². The number of rotatable bonds is 2. The van der Waals surface area contributed by atoms with Crippen LogP contribution in [0.2, 0.25) is 0 Å². The molecule has 4 nitrogen and oxygen atoms in total. The number of ketones is 2. The zero-order chi connectivity index (χ0) is 16.2. The first-order chi connectivity index (χ1) is 10.4.